The third-order valence-electron chi connectivity index (χ3n) is 3.73. The maximum atomic E-state index is 5.62. The molecule has 102 valence electrons. The molecule has 19 heavy (non-hydrogen) atoms. The summed E-state index contributed by atoms with van der Waals surface area (Å²) < 4.78 is 5.62. The smallest absolute Gasteiger partial charge is 0.0925 e. The van der Waals surface area contributed by atoms with Crippen LogP contribution in [0.4, 0.5) is 0 Å². The summed E-state index contributed by atoms with van der Waals surface area (Å²) in [7, 11) is 0. The number of aromatic nitrogens is 4. The van der Waals surface area contributed by atoms with Gasteiger partial charge < -0.3 is 9.72 Å². The SMILES string of the molecule is Cc1cn[nH]c1[C@@H]1COCCN1Cc1nc[nH]c1C. The van der Waals surface area contributed by atoms with E-state index in [1.54, 1.807) is 6.33 Å². The van der Waals surface area contributed by atoms with E-state index < -0.39 is 0 Å². The van der Waals surface area contributed by atoms with Gasteiger partial charge in [-0.1, -0.05) is 0 Å². The summed E-state index contributed by atoms with van der Waals surface area (Å²) in [6.45, 7) is 7.35. The van der Waals surface area contributed by atoms with Crippen molar-refractivity contribution in [3.8, 4) is 0 Å². The van der Waals surface area contributed by atoms with Gasteiger partial charge in [-0.2, -0.15) is 5.10 Å². The fourth-order valence-corrected chi connectivity index (χ4v) is 2.53. The van der Waals surface area contributed by atoms with Crippen molar-refractivity contribution in [2.24, 2.45) is 0 Å². The van der Waals surface area contributed by atoms with E-state index in [1.807, 2.05) is 6.20 Å². The number of hydrogen-bond donors (Lipinski definition) is 2. The molecular formula is C13H19N5O. The Kier molecular flexibility index (Phi) is 3.35. The first-order valence-electron chi connectivity index (χ1n) is 6.56. The average molecular weight is 261 g/mol. The molecule has 3 rings (SSSR count). The molecule has 2 aromatic heterocycles. The van der Waals surface area contributed by atoms with Gasteiger partial charge in [-0.05, 0) is 19.4 Å². The van der Waals surface area contributed by atoms with E-state index in [9.17, 15) is 0 Å². The van der Waals surface area contributed by atoms with Crippen LogP contribution in [0.1, 0.15) is 28.7 Å². The number of nitrogens with zero attached hydrogens (tertiary/aromatic N) is 3. The van der Waals surface area contributed by atoms with Crippen LogP contribution in [0.5, 0.6) is 0 Å². The second-order valence-corrected chi connectivity index (χ2v) is 5.00. The molecule has 0 aliphatic carbocycles. The highest BCUT2D eigenvalue weighted by Crippen LogP contribution is 2.26. The second kappa shape index (κ2) is 5.14. The van der Waals surface area contributed by atoms with Gasteiger partial charge in [0.25, 0.3) is 0 Å². The summed E-state index contributed by atoms with van der Waals surface area (Å²) in [6, 6.07) is 0.229. The number of H-pyrrole nitrogens is 2. The lowest BCUT2D eigenvalue weighted by Gasteiger charge is -2.34. The van der Waals surface area contributed by atoms with Crippen LogP contribution in [0, 0.1) is 13.8 Å². The molecule has 1 aliphatic rings. The zero-order valence-electron chi connectivity index (χ0n) is 11.3. The molecule has 0 saturated carbocycles. The van der Waals surface area contributed by atoms with Crippen LogP contribution in [0.25, 0.3) is 0 Å². The molecule has 3 heterocycles. The van der Waals surface area contributed by atoms with E-state index in [0.717, 1.165) is 36.8 Å². The molecule has 1 fully saturated rings. The number of hydrogen-bond acceptors (Lipinski definition) is 4. The molecule has 0 unspecified atom stereocenters. The Morgan fingerprint density at radius 2 is 2.37 bits per heavy atom. The topological polar surface area (TPSA) is 69.8 Å². The monoisotopic (exact) mass is 261 g/mol. The van der Waals surface area contributed by atoms with Crippen molar-refractivity contribution in [3.05, 3.63) is 35.2 Å². The predicted molar refractivity (Wildman–Crippen MR) is 70.6 cm³/mol. The van der Waals surface area contributed by atoms with E-state index in [-0.39, 0.29) is 6.04 Å². The van der Waals surface area contributed by atoms with Crippen LogP contribution >= 0.6 is 0 Å². The van der Waals surface area contributed by atoms with Gasteiger partial charge in [0.2, 0.25) is 0 Å². The normalized spacial score (nSPS) is 20.8. The number of aromatic amines is 2. The van der Waals surface area contributed by atoms with E-state index in [2.05, 4.69) is 38.9 Å². The van der Waals surface area contributed by atoms with Gasteiger partial charge in [-0.25, -0.2) is 4.98 Å². The van der Waals surface area contributed by atoms with Crippen molar-refractivity contribution >= 4 is 0 Å². The lowest BCUT2D eigenvalue weighted by Crippen LogP contribution is -2.39. The maximum Gasteiger partial charge on any atom is 0.0925 e. The zero-order chi connectivity index (χ0) is 13.2. The summed E-state index contributed by atoms with van der Waals surface area (Å²) in [5, 5.41) is 7.22. The fourth-order valence-electron chi connectivity index (χ4n) is 2.53. The van der Waals surface area contributed by atoms with Gasteiger partial charge in [0, 0.05) is 18.8 Å². The van der Waals surface area contributed by atoms with Crippen molar-refractivity contribution in [2.75, 3.05) is 19.8 Å². The fraction of sp³-hybridized carbons (Fsp3) is 0.538. The van der Waals surface area contributed by atoms with Crippen molar-refractivity contribution in [1.29, 1.82) is 0 Å². The summed E-state index contributed by atoms with van der Waals surface area (Å²) >= 11 is 0. The van der Waals surface area contributed by atoms with Crippen molar-refractivity contribution in [2.45, 2.75) is 26.4 Å². The van der Waals surface area contributed by atoms with Crippen LogP contribution in [0.3, 0.4) is 0 Å². The van der Waals surface area contributed by atoms with E-state index in [1.165, 1.54) is 5.56 Å². The Bertz CT molecular complexity index is 547. The molecule has 0 aromatic carbocycles. The van der Waals surface area contributed by atoms with Crippen LogP contribution in [-0.2, 0) is 11.3 Å². The highest BCUT2D eigenvalue weighted by molar-refractivity contribution is 5.19. The highest BCUT2D eigenvalue weighted by atomic mass is 16.5. The lowest BCUT2D eigenvalue weighted by atomic mass is 10.1. The van der Waals surface area contributed by atoms with Crippen molar-refractivity contribution in [1.82, 2.24) is 25.1 Å². The molecule has 0 amide bonds. The third-order valence-corrected chi connectivity index (χ3v) is 3.73. The van der Waals surface area contributed by atoms with Crippen LogP contribution < -0.4 is 0 Å². The molecule has 2 aromatic rings. The third kappa shape index (κ3) is 2.41. The average Bonchev–Trinajstić information content (AvgIpc) is 3.00. The summed E-state index contributed by atoms with van der Waals surface area (Å²) in [6.07, 6.45) is 3.61. The minimum atomic E-state index is 0.229. The van der Waals surface area contributed by atoms with Crippen LogP contribution in [-0.4, -0.2) is 44.8 Å². The molecule has 0 spiro atoms. The Morgan fingerprint density at radius 3 is 3.05 bits per heavy atom. The predicted octanol–water partition coefficient (Wildman–Crippen LogP) is 1.32. The maximum absolute atomic E-state index is 5.62. The summed E-state index contributed by atoms with van der Waals surface area (Å²) in [5.41, 5.74) is 4.56. The number of aryl methyl sites for hydroxylation is 2. The lowest BCUT2D eigenvalue weighted by molar-refractivity contribution is -0.0150. The molecule has 1 atom stereocenters. The molecular weight excluding hydrogens is 242 g/mol. The molecule has 6 nitrogen and oxygen atoms in total. The first-order valence-corrected chi connectivity index (χ1v) is 6.56. The van der Waals surface area contributed by atoms with Gasteiger partial charge in [-0.15, -0.1) is 0 Å². The molecule has 6 heteroatoms. The van der Waals surface area contributed by atoms with Gasteiger partial charge in [0.1, 0.15) is 0 Å². The van der Waals surface area contributed by atoms with E-state index in [4.69, 9.17) is 4.74 Å². The number of rotatable bonds is 3. The van der Waals surface area contributed by atoms with Crippen LogP contribution in [0.15, 0.2) is 12.5 Å². The highest BCUT2D eigenvalue weighted by Gasteiger charge is 2.27. The summed E-state index contributed by atoms with van der Waals surface area (Å²) in [5.74, 6) is 0. The number of nitrogens with one attached hydrogen (secondary N) is 2. The van der Waals surface area contributed by atoms with Gasteiger partial charge >= 0.3 is 0 Å². The standard InChI is InChI=1S/C13H19N5O/c1-9-5-16-17-13(9)12-7-19-4-3-18(12)6-11-10(2)14-8-15-11/h5,8,12H,3-4,6-7H2,1-2H3,(H,14,15)(H,16,17)/t12-/m0/s1. The van der Waals surface area contributed by atoms with Gasteiger partial charge in [0.15, 0.2) is 0 Å². The van der Waals surface area contributed by atoms with Crippen molar-refractivity contribution in [3.63, 3.8) is 0 Å². The van der Waals surface area contributed by atoms with Crippen LogP contribution in [0.2, 0.25) is 0 Å². The Labute approximate surface area is 112 Å². The molecule has 1 aliphatic heterocycles. The summed E-state index contributed by atoms with van der Waals surface area (Å²) in [4.78, 5) is 9.91. The minimum absolute atomic E-state index is 0.229. The zero-order valence-corrected chi connectivity index (χ0v) is 11.3. The molecule has 0 bridgehead atoms. The quantitative estimate of drug-likeness (QED) is 0.874. The van der Waals surface area contributed by atoms with E-state index >= 15 is 0 Å². The minimum Gasteiger partial charge on any atom is -0.378 e. The number of morpholine rings is 1. The van der Waals surface area contributed by atoms with Gasteiger partial charge in [0.05, 0.1) is 43.2 Å². The Hall–Kier alpha value is -1.66. The second-order valence-electron chi connectivity index (χ2n) is 5.00. The number of imidazole rings is 1. The van der Waals surface area contributed by atoms with Gasteiger partial charge in [-0.3, -0.25) is 10.00 Å². The van der Waals surface area contributed by atoms with E-state index in [0.29, 0.717) is 6.61 Å². The molecule has 1 saturated heterocycles. The largest absolute Gasteiger partial charge is 0.378 e. The molecule has 0 radical (unpaired) electrons. The first-order chi connectivity index (χ1) is 9.25. The number of ether oxygens (including phenoxy) is 1. The van der Waals surface area contributed by atoms with Crippen molar-refractivity contribution < 1.29 is 4.74 Å². The first kappa shape index (κ1) is 12.4. The molecule has 2 N–H and O–H groups in total. The Balaban J connectivity index is 1.82. The Morgan fingerprint density at radius 1 is 1.47 bits per heavy atom.